The van der Waals surface area contributed by atoms with E-state index in [2.05, 4.69) is 83.7 Å². The molecule has 4 heterocycles. The van der Waals surface area contributed by atoms with E-state index in [4.69, 9.17) is 9.72 Å². The van der Waals surface area contributed by atoms with Gasteiger partial charge < -0.3 is 24.3 Å². The summed E-state index contributed by atoms with van der Waals surface area (Å²) in [5, 5.41) is 13.0. The van der Waals surface area contributed by atoms with Crippen molar-refractivity contribution in [2.24, 2.45) is 0 Å². The van der Waals surface area contributed by atoms with Gasteiger partial charge >= 0.3 is 0 Å². The molecule has 2 unspecified atom stereocenters. The highest BCUT2D eigenvalue weighted by molar-refractivity contribution is 5.94. The highest BCUT2D eigenvalue weighted by Gasteiger charge is 2.33. The molecule has 8 nitrogen and oxygen atoms in total. The summed E-state index contributed by atoms with van der Waals surface area (Å²) in [6, 6.07) is 17.5. The van der Waals surface area contributed by atoms with E-state index in [0.717, 1.165) is 35.7 Å². The van der Waals surface area contributed by atoms with Crippen LogP contribution in [0.25, 0.3) is 10.8 Å². The van der Waals surface area contributed by atoms with Gasteiger partial charge in [0.2, 0.25) is 5.91 Å². The number of pyridine rings is 1. The van der Waals surface area contributed by atoms with Gasteiger partial charge in [0, 0.05) is 69.0 Å². The van der Waals surface area contributed by atoms with Crippen molar-refractivity contribution >= 4 is 34.0 Å². The molecule has 1 aromatic heterocycles. The summed E-state index contributed by atoms with van der Waals surface area (Å²) in [7, 11) is 0. The number of nitrogens with zero attached hydrogens (tertiary/aromatic N) is 6. The second-order valence-corrected chi connectivity index (χ2v) is 11.1. The molecule has 3 aliphatic rings. The summed E-state index contributed by atoms with van der Waals surface area (Å²) in [5.74, 6) is 1.68. The number of nitriles is 1. The zero-order valence-electron chi connectivity index (χ0n) is 23.3. The molecule has 0 saturated carbocycles. The minimum Gasteiger partial charge on any atom is -0.372 e. The molecular formula is C32H36N6O2. The maximum atomic E-state index is 12.2. The van der Waals surface area contributed by atoms with Crippen molar-refractivity contribution in [1.82, 2.24) is 9.88 Å². The Morgan fingerprint density at radius 2 is 1.68 bits per heavy atom. The summed E-state index contributed by atoms with van der Waals surface area (Å²) < 4.78 is 6.01. The van der Waals surface area contributed by atoms with Crippen LogP contribution in [0.2, 0.25) is 0 Å². The summed E-state index contributed by atoms with van der Waals surface area (Å²) in [6.07, 6.45) is 2.30. The molecule has 3 aliphatic heterocycles. The van der Waals surface area contributed by atoms with Crippen LogP contribution in [0.4, 0.5) is 17.3 Å². The zero-order valence-corrected chi connectivity index (χ0v) is 23.3. The summed E-state index contributed by atoms with van der Waals surface area (Å²) >= 11 is 0. The molecule has 2 atom stereocenters. The van der Waals surface area contributed by atoms with Crippen LogP contribution in [0.5, 0.6) is 0 Å². The van der Waals surface area contributed by atoms with E-state index in [0.29, 0.717) is 51.4 Å². The van der Waals surface area contributed by atoms with E-state index in [1.54, 1.807) is 0 Å². The number of rotatable bonds is 4. The van der Waals surface area contributed by atoms with Crippen molar-refractivity contribution in [1.29, 1.82) is 5.26 Å². The van der Waals surface area contributed by atoms with Crippen molar-refractivity contribution in [3.05, 3.63) is 71.8 Å². The minimum absolute atomic E-state index is 0.0304. The van der Waals surface area contributed by atoms with E-state index in [1.807, 2.05) is 4.90 Å². The molecule has 3 aromatic rings. The van der Waals surface area contributed by atoms with Gasteiger partial charge in [-0.25, -0.2) is 4.98 Å². The lowest BCUT2D eigenvalue weighted by Gasteiger charge is -2.41. The Morgan fingerprint density at radius 1 is 0.950 bits per heavy atom. The first-order valence-corrected chi connectivity index (χ1v) is 14.2. The summed E-state index contributed by atoms with van der Waals surface area (Å²) in [6.45, 7) is 13.3. The van der Waals surface area contributed by atoms with Gasteiger partial charge in [0.25, 0.3) is 0 Å². The number of benzene rings is 2. The third-order valence-electron chi connectivity index (χ3n) is 8.36. The molecule has 8 heteroatoms. The van der Waals surface area contributed by atoms with Gasteiger partial charge in [-0.3, -0.25) is 4.79 Å². The van der Waals surface area contributed by atoms with E-state index >= 15 is 0 Å². The largest absolute Gasteiger partial charge is 0.372 e. The first-order chi connectivity index (χ1) is 19.5. The molecule has 2 fully saturated rings. The highest BCUT2D eigenvalue weighted by atomic mass is 16.5. The Kier molecular flexibility index (Phi) is 7.07. The minimum atomic E-state index is -0.0304. The Morgan fingerprint density at radius 3 is 2.40 bits per heavy atom. The van der Waals surface area contributed by atoms with E-state index in [-0.39, 0.29) is 18.1 Å². The van der Waals surface area contributed by atoms with Crippen LogP contribution in [0.3, 0.4) is 0 Å². The molecule has 0 radical (unpaired) electrons. The molecule has 2 saturated heterocycles. The fourth-order valence-corrected chi connectivity index (χ4v) is 6.51. The quantitative estimate of drug-likeness (QED) is 0.465. The molecular weight excluding hydrogens is 500 g/mol. The third-order valence-corrected chi connectivity index (χ3v) is 8.36. The number of fused-ring (bicyclic) bond motifs is 2. The molecule has 0 bridgehead atoms. The van der Waals surface area contributed by atoms with E-state index in [1.165, 1.54) is 22.5 Å². The Labute approximate surface area is 236 Å². The van der Waals surface area contributed by atoms with Gasteiger partial charge in [-0.1, -0.05) is 43.0 Å². The number of anilines is 3. The number of carbonyl (C=O) groups is 1. The zero-order chi connectivity index (χ0) is 27.8. The summed E-state index contributed by atoms with van der Waals surface area (Å²) in [5.41, 5.74) is 4.09. The van der Waals surface area contributed by atoms with Crippen LogP contribution < -0.4 is 14.7 Å². The molecule has 206 valence electrons. The first-order valence-electron chi connectivity index (χ1n) is 14.2. The molecule has 6 rings (SSSR count). The number of ether oxygens (including phenoxy) is 1. The van der Waals surface area contributed by atoms with Crippen LogP contribution in [-0.2, 0) is 22.5 Å². The van der Waals surface area contributed by atoms with Gasteiger partial charge in [0.05, 0.1) is 17.8 Å². The van der Waals surface area contributed by atoms with Gasteiger partial charge in [-0.2, -0.15) is 5.26 Å². The number of amides is 1. The molecule has 1 amide bonds. The predicted molar refractivity (Wildman–Crippen MR) is 159 cm³/mol. The number of hydrogen-bond acceptors (Lipinski definition) is 7. The SMILES string of the molecule is C=CC(=O)N1CCN(c2nc(N3CC(C)OC(C)C3)c(C#N)c3c2CCN(c2cccc4ccccc24)C3)CC1. The van der Waals surface area contributed by atoms with Crippen molar-refractivity contribution < 1.29 is 9.53 Å². The van der Waals surface area contributed by atoms with Crippen LogP contribution in [0.1, 0.15) is 30.5 Å². The molecule has 0 N–H and O–H groups in total. The Hall–Kier alpha value is -4.09. The van der Waals surface area contributed by atoms with E-state index < -0.39 is 0 Å². The van der Waals surface area contributed by atoms with Crippen LogP contribution in [-0.4, -0.2) is 73.8 Å². The van der Waals surface area contributed by atoms with Crippen LogP contribution in [0, 0.1) is 11.3 Å². The van der Waals surface area contributed by atoms with E-state index in [9.17, 15) is 10.1 Å². The van der Waals surface area contributed by atoms with Crippen LogP contribution in [0.15, 0.2) is 55.1 Å². The smallest absolute Gasteiger partial charge is 0.246 e. The van der Waals surface area contributed by atoms with Gasteiger partial charge in [0.1, 0.15) is 17.7 Å². The third kappa shape index (κ3) is 4.75. The normalized spacial score (nSPS) is 21.2. The molecule has 40 heavy (non-hydrogen) atoms. The molecule has 2 aromatic carbocycles. The predicted octanol–water partition coefficient (Wildman–Crippen LogP) is 4.12. The van der Waals surface area contributed by atoms with Crippen molar-refractivity contribution in [2.75, 3.05) is 60.5 Å². The second-order valence-electron chi connectivity index (χ2n) is 11.1. The van der Waals surface area contributed by atoms with Gasteiger partial charge in [-0.05, 0) is 43.4 Å². The van der Waals surface area contributed by atoms with Gasteiger partial charge in [-0.15, -0.1) is 0 Å². The lowest BCUT2D eigenvalue weighted by molar-refractivity contribution is -0.126. The topological polar surface area (TPSA) is 75.9 Å². The molecule has 0 aliphatic carbocycles. The lowest BCUT2D eigenvalue weighted by atomic mass is 9.94. The highest BCUT2D eigenvalue weighted by Crippen LogP contribution is 2.39. The standard InChI is InChI=1S/C32H36N6O2/c1-4-30(39)35-14-16-36(17-15-35)31-26-12-13-37(29-11-7-9-24-8-5-6-10-25(24)29)21-28(26)27(18-33)32(34-31)38-19-22(2)40-23(3)20-38/h4-11,22-23H,1,12-17,19-21H2,2-3H3. The van der Waals surface area contributed by atoms with Crippen LogP contribution >= 0.6 is 0 Å². The van der Waals surface area contributed by atoms with Gasteiger partial charge in [0.15, 0.2) is 0 Å². The fourth-order valence-electron chi connectivity index (χ4n) is 6.51. The van der Waals surface area contributed by atoms with Crippen molar-refractivity contribution in [3.63, 3.8) is 0 Å². The lowest BCUT2D eigenvalue weighted by Crippen LogP contribution is -2.50. The Bertz CT molecular complexity index is 1470. The number of carbonyl (C=O) groups excluding carboxylic acids is 1. The number of aromatic nitrogens is 1. The number of piperazine rings is 1. The van der Waals surface area contributed by atoms with Crippen molar-refractivity contribution in [3.8, 4) is 6.07 Å². The first kappa shape index (κ1) is 26.1. The number of morpholine rings is 1. The second kappa shape index (κ2) is 10.8. The maximum absolute atomic E-state index is 12.2. The van der Waals surface area contributed by atoms with Crippen molar-refractivity contribution in [2.45, 2.75) is 39.0 Å². The average Bonchev–Trinajstić information content (AvgIpc) is 2.98. The number of hydrogen-bond donors (Lipinski definition) is 0. The summed E-state index contributed by atoms with van der Waals surface area (Å²) in [4.78, 5) is 26.3. The fraction of sp³-hybridized carbons (Fsp3) is 0.406. The monoisotopic (exact) mass is 536 g/mol. The molecule has 0 spiro atoms. The average molecular weight is 537 g/mol. The Balaban J connectivity index is 1.43. The maximum Gasteiger partial charge on any atom is 0.246 e.